The first-order chi connectivity index (χ1) is 9.81. The lowest BCUT2D eigenvalue weighted by Gasteiger charge is -2.25. The first-order valence-electron chi connectivity index (χ1n) is 6.62. The topological polar surface area (TPSA) is 46.2 Å². The summed E-state index contributed by atoms with van der Waals surface area (Å²) < 4.78 is 27.2. The summed E-state index contributed by atoms with van der Waals surface area (Å²) in [6, 6.07) is 16.0. The molecular weight excluding hydrogens is 306 g/mol. The molecule has 0 aliphatic carbocycles. The normalized spacial score (nSPS) is 12.3. The minimum atomic E-state index is -3.53. The summed E-state index contributed by atoms with van der Waals surface area (Å²) in [5.74, 6) is 0. The SMILES string of the molecule is CC(C)(CNS(=O)(=O)c1ccc(Cl)cc1)c1ccccc1. The molecular formula is C16H18ClNO2S. The molecule has 0 heterocycles. The Morgan fingerprint density at radius 1 is 1.00 bits per heavy atom. The summed E-state index contributed by atoms with van der Waals surface area (Å²) in [6.45, 7) is 4.33. The van der Waals surface area contributed by atoms with E-state index < -0.39 is 10.0 Å². The van der Waals surface area contributed by atoms with Crippen molar-refractivity contribution in [3.63, 3.8) is 0 Å². The zero-order chi connectivity index (χ0) is 15.5. The van der Waals surface area contributed by atoms with Crippen LogP contribution in [-0.2, 0) is 15.4 Å². The zero-order valence-corrected chi connectivity index (χ0v) is 13.6. The molecule has 0 saturated carbocycles. The van der Waals surface area contributed by atoms with E-state index >= 15 is 0 Å². The molecule has 2 rings (SSSR count). The molecule has 1 N–H and O–H groups in total. The molecule has 0 atom stereocenters. The van der Waals surface area contributed by atoms with Gasteiger partial charge in [0.25, 0.3) is 0 Å². The van der Waals surface area contributed by atoms with Gasteiger partial charge >= 0.3 is 0 Å². The van der Waals surface area contributed by atoms with Crippen LogP contribution in [0.25, 0.3) is 0 Å². The van der Waals surface area contributed by atoms with Gasteiger partial charge in [0, 0.05) is 17.0 Å². The van der Waals surface area contributed by atoms with Crippen LogP contribution in [-0.4, -0.2) is 15.0 Å². The largest absolute Gasteiger partial charge is 0.240 e. The lowest BCUT2D eigenvalue weighted by Crippen LogP contribution is -2.36. The summed E-state index contributed by atoms with van der Waals surface area (Å²) in [5, 5.41) is 0.513. The molecule has 0 amide bonds. The van der Waals surface area contributed by atoms with E-state index in [4.69, 9.17) is 11.6 Å². The van der Waals surface area contributed by atoms with Crippen LogP contribution < -0.4 is 4.72 Å². The Labute approximate surface area is 131 Å². The van der Waals surface area contributed by atoms with Gasteiger partial charge < -0.3 is 0 Å². The van der Waals surface area contributed by atoms with Crippen molar-refractivity contribution in [3.8, 4) is 0 Å². The van der Waals surface area contributed by atoms with Crippen LogP contribution in [0.2, 0.25) is 5.02 Å². The first-order valence-corrected chi connectivity index (χ1v) is 8.48. The monoisotopic (exact) mass is 323 g/mol. The summed E-state index contributed by atoms with van der Waals surface area (Å²) in [4.78, 5) is 0.218. The molecule has 0 aliphatic rings. The van der Waals surface area contributed by atoms with Gasteiger partial charge in [-0.05, 0) is 29.8 Å². The van der Waals surface area contributed by atoms with Crippen LogP contribution in [0.15, 0.2) is 59.5 Å². The molecule has 0 unspecified atom stereocenters. The Balaban J connectivity index is 2.13. The highest BCUT2D eigenvalue weighted by Gasteiger charge is 2.23. The Bertz CT molecular complexity index is 695. The maximum atomic E-state index is 12.3. The third-order valence-electron chi connectivity index (χ3n) is 3.38. The van der Waals surface area contributed by atoms with Gasteiger partial charge in [0.05, 0.1) is 4.90 Å². The molecule has 2 aromatic carbocycles. The second-order valence-electron chi connectivity index (χ2n) is 5.53. The van der Waals surface area contributed by atoms with Crippen molar-refractivity contribution in [2.24, 2.45) is 0 Å². The number of hydrogen-bond donors (Lipinski definition) is 1. The second kappa shape index (κ2) is 6.18. The molecule has 0 radical (unpaired) electrons. The summed E-state index contributed by atoms with van der Waals surface area (Å²) >= 11 is 5.78. The van der Waals surface area contributed by atoms with Gasteiger partial charge in [0.15, 0.2) is 0 Å². The van der Waals surface area contributed by atoms with Gasteiger partial charge in [-0.3, -0.25) is 0 Å². The molecule has 0 fully saturated rings. The van der Waals surface area contributed by atoms with E-state index in [2.05, 4.69) is 4.72 Å². The number of halogens is 1. The zero-order valence-electron chi connectivity index (χ0n) is 12.0. The van der Waals surface area contributed by atoms with Gasteiger partial charge in [-0.25, -0.2) is 13.1 Å². The smallest absolute Gasteiger partial charge is 0.210 e. The quantitative estimate of drug-likeness (QED) is 0.914. The highest BCUT2D eigenvalue weighted by atomic mass is 35.5. The highest BCUT2D eigenvalue weighted by Crippen LogP contribution is 2.23. The van der Waals surface area contributed by atoms with E-state index in [0.717, 1.165) is 5.56 Å². The minimum Gasteiger partial charge on any atom is -0.210 e. The van der Waals surface area contributed by atoms with Gasteiger partial charge in [0.1, 0.15) is 0 Å². The molecule has 112 valence electrons. The van der Waals surface area contributed by atoms with Crippen molar-refractivity contribution in [1.82, 2.24) is 4.72 Å². The van der Waals surface area contributed by atoms with Crippen LogP contribution >= 0.6 is 11.6 Å². The van der Waals surface area contributed by atoms with E-state index in [1.807, 2.05) is 44.2 Å². The fourth-order valence-electron chi connectivity index (χ4n) is 1.96. The lowest BCUT2D eigenvalue weighted by molar-refractivity contribution is 0.501. The van der Waals surface area contributed by atoms with E-state index in [1.54, 1.807) is 12.1 Å². The molecule has 0 aromatic heterocycles. The molecule has 0 bridgehead atoms. The van der Waals surface area contributed by atoms with Crippen LogP contribution in [0.5, 0.6) is 0 Å². The Kier molecular flexibility index (Phi) is 4.71. The predicted molar refractivity (Wildman–Crippen MR) is 86.1 cm³/mol. The van der Waals surface area contributed by atoms with Gasteiger partial charge in [0.2, 0.25) is 10.0 Å². The molecule has 2 aromatic rings. The van der Waals surface area contributed by atoms with E-state index in [0.29, 0.717) is 11.6 Å². The molecule has 0 saturated heterocycles. The number of sulfonamides is 1. The fourth-order valence-corrected chi connectivity index (χ4v) is 3.30. The predicted octanol–water partition coefficient (Wildman–Crippen LogP) is 3.60. The molecule has 0 aliphatic heterocycles. The molecule has 21 heavy (non-hydrogen) atoms. The van der Waals surface area contributed by atoms with Gasteiger partial charge in [-0.15, -0.1) is 0 Å². The average Bonchev–Trinajstić information content (AvgIpc) is 2.47. The van der Waals surface area contributed by atoms with Gasteiger partial charge in [-0.1, -0.05) is 55.8 Å². The van der Waals surface area contributed by atoms with Gasteiger partial charge in [-0.2, -0.15) is 0 Å². The molecule has 3 nitrogen and oxygen atoms in total. The average molecular weight is 324 g/mol. The van der Waals surface area contributed by atoms with Crippen molar-refractivity contribution in [2.75, 3.05) is 6.54 Å². The van der Waals surface area contributed by atoms with E-state index in [9.17, 15) is 8.42 Å². The van der Waals surface area contributed by atoms with E-state index in [-0.39, 0.29) is 10.3 Å². The highest BCUT2D eigenvalue weighted by molar-refractivity contribution is 7.89. The Morgan fingerprint density at radius 3 is 2.14 bits per heavy atom. The van der Waals surface area contributed by atoms with Crippen molar-refractivity contribution in [1.29, 1.82) is 0 Å². The number of benzene rings is 2. The lowest BCUT2D eigenvalue weighted by atomic mass is 9.85. The van der Waals surface area contributed by atoms with Crippen molar-refractivity contribution >= 4 is 21.6 Å². The standard InChI is InChI=1S/C16H18ClNO2S/c1-16(2,13-6-4-3-5-7-13)12-18-21(19,20)15-10-8-14(17)9-11-15/h3-11,18H,12H2,1-2H3. The van der Waals surface area contributed by atoms with Crippen LogP contribution in [0.1, 0.15) is 19.4 Å². The maximum Gasteiger partial charge on any atom is 0.240 e. The second-order valence-corrected chi connectivity index (χ2v) is 7.73. The van der Waals surface area contributed by atoms with Crippen molar-refractivity contribution in [3.05, 3.63) is 65.2 Å². The third-order valence-corrected chi connectivity index (χ3v) is 5.05. The summed E-state index contributed by atoms with van der Waals surface area (Å²) in [7, 11) is -3.53. The van der Waals surface area contributed by atoms with Crippen molar-refractivity contribution < 1.29 is 8.42 Å². The van der Waals surface area contributed by atoms with Crippen LogP contribution in [0.4, 0.5) is 0 Å². The Hall–Kier alpha value is -1.36. The fraction of sp³-hybridized carbons (Fsp3) is 0.250. The van der Waals surface area contributed by atoms with Crippen molar-refractivity contribution in [2.45, 2.75) is 24.2 Å². The summed E-state index contributed by atoms with van der Waals surface area (Å²) in [6.07, 6.45) is 0. The molecule has 0 spiro atoms. The molecule has 5 heteroatoms. The minimum absolute atomic E-state index is 0.218. The number of nitrogens with one attached hydrogen (secondary N) is 1. The maximum absolute atomic E-state index is 12.3. The number of hydrogen-bond acceptors (Lipinski definition) is 2. The number of rotatable bonds is 5. The summed E-state index contributed by atoms with van der Waals surface area (Å²) in [5.41, 5.74) is 0.796. The first kappa shape index (κ1) is 16.0. The van der Waals surface area contributed by atoms with Crippen LogP contribution in [0, 0.1) is 0 Å². The Morgan fingerprint density at radius 2 is 1.57 bits per heavy atom. The van der Waals surface area contributed by atoms with Crippen LogP contribution in [0.3, 0.4) is 0 Å². The third kappa shape index (κ3) is 4.06. The van der Waals surface area contributed by atoms with E-state index in [1.165, 1.54) is 12.1 Å².